The zero-order valence-corrected chi connectivity index (χ0v) is 13.2. The summed E-state index contributed by atoms with van der Waals surface area (Å²) in [6, 6.07) is 0. The van der Waals surface area contributed by atoms with Crippen LogP contribution < -0.4 is 0 Å². The van der Waals surface area contributed by atoms with Crippen LogP contribution in [0, 0.1) is 23.2 Å². The van der Waals surface area contributed by atoms with E-state index in [0.29, 0.717) is 17.4 Å². The summed E-state index contributed by atoms with van der Waals surface area (Å²) < 4.78 is 5.56. The second-order valence-corrected chi connectivity index (χ2v) is 7.07. The maximum atomic E-state index is 11.4. The molecule has 5 atom stereocenters. The van der Waals surface area contributed by atoms with Gasteiger partial charge in [-0.1, -0.05) is 20.4 Å². The van der Waals surface area contributed by atoms with E-state index in [2.05, 4.69) is 20.4 Å². The maximum absolute atomic E-state index is 11.4. The van der Waals surface area contributed by atoms with Crippen LogP contribution in [0.5, 0.6) is 0 Å². The van der Waals surface area contributed by atoms with Gasteiger partial charge in [0.15, 0.2) is 0 Å². The molecule has 2 saturated carbocycles. The molecule has 0 saturated heterocycles. The number of carboxylic acid groups (broad SMARTS) is 1. The molecule has 0 aromatic carbocycles. The molecule has 0 aromatic heterocycles. The van der Waals surface area contributed by atoms with Crippen molar-refractivity contribution in [3.05, 3.63) is 12.2 Å². The Kier molecular flexibility index (Phi) is 4.45. The molecular formula is C17H26O4. The maximum Gasteiger partial charge on any atom is 0.331 e. The molecule has 2 rings (SSSR count). The largest absolute Gasteiger partial charge is 0.478 e. The number of carbonyl (C=O) groups is 2. The van der Waals surface area contributed by atoms with Gasteiger partial charge in [0.05, 0.1) is 0 Å². The number of fused-ring (bicyclic) bond motifs is 1. The normalized spacial score (nSPS) is 39.2. The third-order valence-electron chi connectivity index (χ3n) is 5.74. The summed E-state index contributed by atoms with van der Waals surface area (Å²) in [4.78, 5) is 22.6. The first-order valence-electron chi connectivity index (χ1n) is 7.85. The lowest BCUT2D eigenvalue weighted by Gasteiger charge is -2.38. The van der Waals surface area contributed by atoms with Crippen molar-refractivity contribution in [2.24, 2.45) is 23.2 Å². The number of rotatable bonds is 3. The van der Waals surface area contributed by atoms with E-state index in [9.17, 15) is 14.7 Å². The summed E-state index contributed by atoms with van der Waals surface area (Å²) in [6.45, 7) is 9.63. The van der Waals surface area contributed by atoms with Crippen molar-refractivity contribution in [2.75, 3.05) is 0 Å². The Morgan fingerprint density at radius 2 is 1.90 bits per heavy atom. The molecule has 1 N–H and O–H groups in total. The fraction of sp³-hybridized carbons (Fsp3) is 0.765. The molecule has 2 fully saturated rings. The predicted octanol–water partition coefficient (Wildman–Crippen LogP) is 3.41. The lowest BCUT2D eigenvalue weighted by atomic mass is 9.69. The molecule has 2 aliphatic rings. The van der Waals surface area contributed by atoms with Gasteiger partial charge in [0, 0.05) is 17.9 Å². The van der Waals surface area contributed by atoms with Gasteiger partial charge in [0.25, 0.3) is 0 Å². The summed E-state index contributed by atoms with van der Waals surface area (Å²) in [7, 11) is 0. The van der Waals surface area contributed by atoms with E-state index >= 15 is 0 Å². The zero-order valence-electron chi connectivity index (χ0n) is 13.2. The van der Waals surface area contributed by atoms with Crippen molar-refractivity contribution >= 4 is 11.9 Å². The van der Waals surface area contributed by atoms with E-state index in [1.807, 2.05) is 0 Å². The highest BCUT2D eigenvalue weighted by Crippen LogP contribution is 2.56. The van der Waals surface area contributed by atoms with E-state index in [-0.39, 0.29) is 23.4 Å². The molecule has 4 nitrogen and oxygen atoms in total. The smallest absolute Gasteiger partial charge is 0.331 e. The number of aliphatic carboxylic acids is 1. The Hall–Kier alpha value is -1.32. The Morgan fingerprint density at radius 1 is 1.24 bits per heavy atom. The van der Waals surface area contributed by atoms with Gasteiger partial charge >= 0.3 is 11.9 Å². The van der Waals surface area contributed by atoms with Crippen LogP contribution in [0.3, 0.4) is 0 Å². The zero-order chi connectivity index (χ0) is 15.8. The van der Waals surface area contributed by atoms with E-state index in [1.165, 1.54) is 6.92 Å². The first-order chi connectivity index (χ1) is 9.75. The van der Waals surface area contributed by atoms with E-state index < -0.39 is 5.97 Å². The summed E-state index contributed by atoms with van der Waals surface area (Å²) in [5, 5.41) is 9.24. The number of carbonyl (C=O) groups excluding carboxylic acids is 1. The lowest BCUT2D eigenvalue weighted by Crippen LogP contribution is -2.38. The van der Waals surface area contributed by atoms with Crippen LogP contribution in [0.2, 0.25) is 0 Å². The van der Waals surface area contributed by atoms with E-state index in [0.717, 1.165) is 32.1 Å². The molecule has 0 spiro atoms. The standard InChI is InChI=1S/C17H26O4/c1-10-5-6-13(11(2)16(19)20)9-17(4)14(10)7-8-15(17)21-12(3)18/h10,13-15H,2,5-9H2,1,3-4H3,(H,19,20). The van der Waals surface area contributed by atoms with Crippen molar-refractivity contribution in [2.45, 2.75) is 59.0 Å². The fourth-order valence-corrected chi connectivity index (χ4v) is 4.61. The number of ether oxygens (including phenoxy) is 1. The van der Waals surface area contributed by atoms with Gasteiger partial charge < -0.3 is 9.84 Å². The molecule has 21 heavy (non-hydrogen) atoms. The molecule has 0 bridgehead atoms. The molecular weight excluding hydrogens is 268 g/mol. The van der Waals surface area contributed by atoms with Crippen molar-refractivity contribution in [3.8, 4) is 0 Å². The number of hydrogen-bond donors (Lipinski definition) is 1. The molecule has 0 amide bonds. The van der Waals surface area contributed by atoms with Crippen molar-refractivity contribution in [1.82, 2.24) is 0 Å². The van der Waals surface area contributed by atoms with Gasteiger partial charge in [-0.3, -0.25) is 4.79 Å². The fourth-order valence-electron chi connectivity index (χ4n) is 4.61. The highest BCUT2D eigenvalue weighted by molar-refractivity contribution is 5.86. The number of hydrogen-bond acceptors (Lipinski definition) is 3. The van der Waals surface area contributed by atoms with Crippen LogP contribution in [-0.2, 0) is 14.3 Å². The molecule has 0 aromatic rings. The second-order valence-electron chi connectivity index (χ2n) is 7.07. The van der Waals surface area contributed by atoms with E-state index in [1.54, 1.807) is 0 Å². The first-order valence-corrected chi connectivity index (χ1v) is 7.85. The van der Waals surface area contributed by atoms with Crippen LogP contribution in [0.15, 0.2) is 12.2 Å². The molecule has 2 aliphatic carbocycles. The number of carboxylic acids is 1. The van der Waals surface area contributed by atoms with Crippen molar-refractivity contribution in [3.63, 3.8) is 0 Å². The minimum absolute atomic E-state index is 0.0175. The highest BCUT2D eigenvalue weighted by Gasteiger charge is 2.52. The van der Waals surface area contributed by atoms with Gasteiger partial charge in [-0.25, -0.2) is 4.79 Å². The quantitative estimate of drug-likeness (QED) is 0.640. The molecule has 0 radical (unpaired) electrons. The molecule has 0 aliphatic heterocycles. The summed E-state index contributed by atoms with van der Waals surface area (Å²) in [5.74, 6) is -0.143. The van der Waals surface area contributed by atoms with Crippen LogP contribution in [0.1, 0.15) is 52.9 Å². The van der Waals surface area contributed by atoms with Crippen LogP contribution in [0.25, 0.3) is 0 Å². The van der Waals surface area contributed by atoms with Gasteiger partial charge in [0.1, 0.15) is 6.10 Å². The predicted molar refractivity (Wildman–Crippen MR) is 79.7 cm³/mol. The Labute approximate surface area is 126 Å². The van der Waals surface area contributed by atoms with Gasteiger partial charge in [-0.15, -0.1) is 0 Å². The van der Waals surface area contributed by atoms with Gasteiger partial charge in [-0.2, -0.15) is 0 Å². The minimum Gasteiger partial charge on any atom is -0.478 e. The number of esters is 1. The monoisotopic (exact) mass is 294 g/mol. The van der Waals surface area contributed by atoms with Gasteiger partial charge in [-0.05, 0) is 49.9 Å². The Balaban J connectivity index is 2.27. The minimum atomic E-state index is -0.906. The van der Waals surface area contributed by atoms with Crippen LogP contribution >= 0.6 is 0 Å². The molecule has 0 heterocycles. The molecule has 118 valence electrons. The SMILES string of the molecule is C=C(C(=O)O)C1CCC(C)C2CCC(OC(C)=O)C2(C)C1. The lowest BCUT2D eigenvalue weighted by molar-refractivity contribution is -0.153. The molecule has 4 heteroatoms. The van der Waals surface area contributed by atoms with Crippen molar-refractivity contribution < 1.29 is 19.4 Å². The van der Waals surface area contributed by atoms with Gasteiger partial charge in [0.2, 0.25) is 0 Å². The summed E-state index contributed by atoms with van der Waals surface area (Å²) in [5.41, 5.74) is 0.169. The van der Waals surface area contributed by atoms with Crippen LogP contribution in [-0.4, -0.2) is 23.1 Å². The average molecular weight is 294 g/mol. The highest BCUT2D eigenvalue weighted by atomic mass is 16.5. The third-order valence-corrected chi connectivity index (χ3v) is 5.74. The van der Waals surface area contributed by atoms with Crippen LogP contribution in [0.4, 0.5) is 0 Å². The Morgan fingerprint density at radius 3 is 2.48 bits per heavy atom. The van der Waals surface area contributed by atoms with E-state index in [4.69, 9.17) is 4.74 Å². The Bertz CT molecular complexity index is 456. The second kappa shape index (κ2) is 5.82. The average Bonchev–Trinajstić information content (AvgIpc) is 2.62. The topological polar surface area (TPSA) is 63.6 Å². The summed E-state index contributed by atoms with van der Waals surface area (Å²) in [6.07, 6.45) is 4.49. The third kappa shape index (κ3) is 2.99. The van der Waals surface area contributed by atoms with Crippen molar-refractivity contribution in [1.29, 1.82) is 0 Å². The summed E-state index contributed by atoms with van der Waals surface area (Å²) >= 11 is 0. The first kappa shape index (κ1) is 16.1. The molecule has 5 unspecified atom stereocenters.